The predicted octanol–water partition coefficient (Wildman–Crippen LogP) is 5.40. The van der Waals surface area contributed by atoms with E-state index in [4.69, 9.17) is 27.9 Å². The molecule has 0 aliphatic rings. The number of pyridine rings is 1. The number of halogens is 2. The van der Waals surface area contributed by atoms with Gasteiger partial charge in [0.2, 0.25) is 0 Å². The van der Waals surface area contributed by atoms with Crippen LogP contribution in [0.3, 0.4) is 0 Å². The number of imidazole rings is 1. The van der Waals surface area contributed by atoms with Gasteiger partial charge in [0.1, 0.15) is 12.6 Å². The number of aromatic nitrogens is 5. The molecule has 0 amide bonds. The highest BCUT2D eigenvalue weighted by Gasteiger charge is 2.23. The summed E-state index contributed by atoms with van der Waals surface area (Å²) in [4.78, 5) is 18.3. The second-order valence-corrected chi connectivity index (χ2v) is 15.9. The smallest absolute Gasteiger partial charge is 0.279 e. The van der Waals surface area contributed by atoms with Crippen molar-refractivity contribution in [3.63, 3.8) is 0 Å². The lowest BCUT2D eigenvalue weighted by Gasteiger charge is -2.21. The zero-order valence-corrected chi connectivity index (χ0v) is 22.1. The van der Waals surface area contributed by atoms with Gasteiger partial charge in [-0.05, 0) is 37.2 Å². The number of fused-ring (bicyclic) bond motifs is 3. The Balaban J connectivity index is 1.80. The number of ether oxygens (including phenoxy) is 1. The number of benzene rings is 1. The standard InChI is InChI=1S/C23H29Cl2N5O2Si/c1-15(18-8-9-26-29(18)14-32-10-11-33(3,4)5)30-19-12-16(25)6-7-17(19)22-21(23(30)31)27-20(13-24)28(22)2/h6-9,12,15H,10-11,13-14H2,1-5H3. The van der Waals surface area contributed by atoms with E-state index in [-0.39, 0.29) is 17.5 Å². The van der Waals surface area contributed by atoms with Gasteiger partial charge in [-0.25, -0.2) is 9.67 Å². The average molecular weight is 507 g/mol. The Hall–Kier alpha value is -2.13. The number of hydrogen-bond donors (Lipinski definition) is 0. The summed E-state index contributed by atoms with van der Waals surface area (Å²) in [6.07, 6.45) is 1.73. The first kappa shape index (κ1) is 24.0. The zero-order valence-electron chi connectivity index (χ0n) is 19.6. The summed E-state index contributed by atoms with van der Waals surface area (Å²) in [5.74, 6) is 0.864. The highest BCUT2D eigenvalue weighted by atomic mass is 35.5. The second-order valence-electron chi connectivity index (χ2n) is 9.53. The Morgan fingerprint density at radius 1 is 1.21 bits per heavy atom. The summed E-state index contributed by atoms with van der Waals surface area (Å²) in [5.41, 5.74) is 2.58. The summed E-state index contributed by atoms with van der Waals surface area (Å²) in [5, 5.41) is 5.90. The molecule has 3 heterocycles. The first-order valence-electron chi connectivity index (χ1n) is 11.0. The van der Waals surface area contributed by atoms with Crippen LogP contribution in [0.4, 0.5) is 0 Å². The van der Waals surface area contributed by atoms with Crippen LogP contribution < -0.4 is 5.56 Å². The zero-order chi connectivity index (χ0) is 23.9. The van der Waals surface area contributed by atoms with Crippen molar-refractivity contribution < 1.29 is 4.74 Å². The third-order valence-corrected chi connectivity index (χ3v) is 8.16. The van der Waals surface area contributed by atoms with Gasteiger partial charge in [0, 0.05) is 38.3 Å². The van der Waals surface area contributed by atoms with Crippen molar-refractivity contribution in [3.05, 3.63) is 57.4 Å². The fourth-order valence-corrected chi connectivity index (χ4v) is 5.26. The maximum atomic E-state index is 13.7. The van der Waals surface area contributed by atoms with Gasteiger partial charge >= 0.3 is 0 Å². The van der Waals surface area contributed by atoms with Crippen molar-refractivity contribution in [2.24, 2.45) is 7.05 Å². The predicted molar refractivity (Wildman–Crippen MR) is 137 cm³/mol. The minimum absolute atomic E-state index is 0.188. The lowest BCUT2D eigenvalue weighted by atomic mass is 10.1. The van der Waals surface area contributed by atoms with Crippen molar-refractivity contribution >= 4 is 53.2 Å². The normalized spacial score (nSPS) is 13.3. The molecule has 0 bridgehead atoms. The Morgan fingerprint density at radius 2 is 1.97 bits per heavy atom. The van der Waals surface area contributed by atoms with E-state index in [1.165, 1.54) is 0 Å². The molecule has 4 rings (SSSR count). The molecule has 1 unspecified atom stereocenters. The molecule has 10 heteroatoms. The number of aryl methyl sites for hydroxylation is 1. The van der Waals surface area contributed by atoms with Gasteiger partial charge in [-0.3, -0.25) is 9.36 Å². The fourth-order valence-electron chi connectivity index (χ4n) is 4.10. The van der Waals surface area contributed by atoms with E-state index in [0.717, 1.165) is 28.2 Å². The first-order valence-corrected chi connectivity index (χ1v) is 15.6. The summed E-state index contributed by atoms with van der Waals surface area (Å²) in [7, 11) is 0.702. The Morgan fingerprint density at radius 3 is 2.67 bits per heavy atom. The monoisotopic (exact) mass is 505 g/mol. The molecule has 1 atom stereocenters. The van der Waals surface area contributed by atoms with Crippen molar-refractivity contribution in [2.45, 2.75) is 51.3 Å². The van der Waals surface area contributed by atoms with Crippen molar-refractivity contribution in [3.8, 4) is 0 Å². The molecule has 0 radical (unpaired) electrons. The summed E-state index contributed by atoms with van der Waals surface area (Å²) in [6, 6.07) is 8.27. The van der Waals surface area contributed by atoms with Crippen molar-refractivity contribution in [2.75, 3.05) is 6.61 Å². The third kappa shape index (κ3) is 4.62. The fraction of sp³-hybridized carbons (Fsp3) is 0.435. The van der Waals surface area contributed by atoms with Crippen LogP contribution in [0.2, 0.25) is 30.7 Å². The number of nitrogens with zero attached hydrogens (tertiary/aromatic N) is 5. The number of alkyl halides is 1. The van der Waals surface area contributed by atoms with E-state index >= 15 is 0 Å². The molecule has 1 aromatic carbocycles. The lowest BCUT2D eigenvalue weighted by molar-refractivity contribution is 0.0754. The molecule has 0 aliphatic carbocycles. The number of rotatable bonds is 8. The van der Waals surface area contributed by atoms with E-state index in [1.807, 2.05) is 47.5 Å². The lowest BCUT2D eigenvalue weighted by Crippen LogP contribution is -2.27. The Bertz CT molecular complexity index is 1370. The maximum Gasteiger partial charge on any atom is 0.279 e. The quantitative estimate of drug-likeness (QED) is 0.182. The van der Waals surface area contributed by atoms with Crippen LogP contribution in [0.1, 0.15) is 24.5 Å². The molecule has 7 nitrogen and oxygen atoms in total. The molecular formula is C23H29Cl2N5O2Si. The molecule has 0 fully saturated rings. The molecule has 176 valence electrons. The van der Waals surface area contributed by atoms with Crippen LogP contribution in [0.25, 0.3) is 21.9 Å². The van der Waals surface area contributed by atoms with Crippen LogP contribution in [0.15, 0.2) is 35.3 Å². The minimum Gasteiger partial charge on any atom is -0.360 e. The van der Waals surface area contributed by atoms with Gasteiger partial charge in [-0.1, -0.05) is 31.2 Å². The van der Waals surface area contributed by atoms with E-state index < -0.39 is 8.07 Å². The SMILES string of the molecule is CC(c1ccnn1COCC[Si](C)(C)C)n1c(=O)c2nc(CCl)n(C)c2c2ccc(Cl)cc21. The minimum atomic E-state index is -1.17. The summed E-state index contributed by atoms with van der Waals surface area (Å²) in [6.45, 7) is 9.99. The van der Waals surface area contributed by atoms with E-state index in [2.05, 4.69) is 29.7 Å². The molecule has 0 saturated heterocycles. The van der Waals surface area contributed by atoms with Gasteiger partial charge in [0.25, 0.3) is 5.56 Å². The van der Waals surface area contributed by atoms with Gasteiger partial charge in [-0.2, -0.15) is 5.10 Å². The first-order chi connectivity index (χ1) is 15.6. The van der Waals surface area contributed by atoms with E-state index in [0.29, 0.717) is 29.7 Å². The van der Waals surface area contributed by atoms with Crippen LogP contribution in [-0.4, -0.2) is 38.6 Å². The van der Waals surface area contributed by atoms with Crippen molar-refractivity contribution in [1.82, 2.24) is 23.9 Å². The van der Waals surface area contributed by atoms with Crippen LogP contribution in [0, 0.1) is 0 Å². The van der Waals surface area contributed by atoms with Crippen LogP contribution in [-0.2, 0) is 24.4 Å². The van der Waals surface area contributed by atoms with Crippen LogP contribution in [0.5, 0.6) is 0 Å². The van der Waals surface area contributed by atoms with E-state index in [1.54, 1.807) is 10.8 Å². The second kappa shape index (κ2) is 9.25. The third-order valence-electron chi connectivity index (χ3n) is 5.98. The molecule has 33 heavy (non-hydrogen) atoms. The summed E-state index contributed by atoms with van der Waals surface area (Å²) >= 11 is 12.4. The molecule has 0 aliphatic heterocycles. The van der Waals surface area contributed by atoms with Crippen molar-refractivity contribution in [1.29, 1.82) is 0 Å². The molecular weight excluding hydrogens is 477 g/mol. The molecule has 4 aromatic rings. The largest absolute Gasteiger partial charge is 0.360 e. The van der Waals surface area contributed by atoms with Crippen LogP contribution >= 0.6 is 23.2 Å². The average Bonchev–Trinajstić information content (AvgIpc) is 3.35. The van der Waals surface area contributed by atoms with Gasteiger partial charge in [0.15, 0.2) is 5.52 Å². The Kier molecular flexibility index (Phi) is 6.73. The number of hydrogen-bond acceptors (Lipinski definition) is 4. The molecule has 0 N–H and O–H groups in total. The Labute approximate surface area is 203 Å². The van der Waals surface area contributed by atoms with Gasteiger partial charge < -0.3 is 9.30 Å². The van der Waals surface area contributed by atoms with Gasteiger partial charge in [-0.15, -0.1) is 11.6 Å². The molecule has 0 saturated carbocycles. The molecule has 0 spiro atoms. The van der Waals surface area contributed by atoms with Gasteiger partial charge in [0.05, 0.1) is 28.6 Å². The molecule has 3 aromatic heterocycles. The topological polar surface area (TPSA) is 66.9 Å². The highest BCUT2D eigenvalue weighted by molar-refractivity contribution is 6.76. The highest BCUT2D eigenvalue weighted by Crippen LogP contribution is 2.30. The maximum absolute atomic E-state index is 13.7. The van der Waals surface area contributed by atoms with E-state index in [9.17, 15) is 4.79 Å². The summed E-state index contributed by atoms with van der Waals surface area (Å²) < 4.78 is 11.3.